The molecule has 1 atom stereocenters. The molecule has 0 saturated carbocycles. The Hall–Kier alpha value is -1.53. The maximum Gasteiger partial charge on any atom is 0.321 e. The molecule has 0 aromatic heterocycles. The summed E-state index contributed by atoms with van der Waals surface area (Å²) in [5.41, 5.74) is 0.851. The van der Waals surface area contributed by atoms with E-state index in [2.05, 4.69) is 17.4 Å². The standard InChI is InChI=1S/C10H11NO2/c1-11-9(10(12)13)7-8-5-3-2-4-6-8/h2-3,5,9,11H,7H2,1H3,(H,12,13). The van der Waals surface area contributed by atoms with Crippen molar-refractivity contribution < 1.29 is 9.90 Å². The smallest absolute Gasteiger partial charge is 0.321 e. The first-order chi connectivity index (χ1) is 6.24. The van der Waals surface area contributed by atoms with Gasteiger partial charge in [0.1, 0.15) is 6.04 Å². The molecule has 0 radical (unpaired) electrons. The summed E-state index contributed by atoms with van der Waals surface area (Å²) >= 11 is 0. The Balaban J connectivity index is 2.62. The fraction of sp³-hybridized carbons (Fsp3) is 0.300. The predicted molar refractivity (Wildman–Crippen MR) is 48.3 cm³/mol. The second-order valence-corrected chi connectivity index (χ2v) is 2.70. The van der Waals surface area contributed by atoms with Crippen molar-refractivity contribution in [1.29, 1.82) is 0 Å². The van der Waals surface area contributed by atoms with E-state index < -0.39 is 12.0 Å². The number of likely N-dealkylation sites (N-methyl/N-ethyl adjacent to an activating group) is 1. The van der Waals surface area contributed by atoms with E-state index in [0.717, 1.165) is 5.56 Å². The van der Waals surface area contributed by atoms with Crippen LogP contribution in [0.15, 0.2) is 18.2 Å². The predicted octanol–water partition coefficient (Wildman–Crippen LogP) is 0.502. The van der Waals surface area contributed by atoms with Crippen LogP contribution in [-0.4, -0.2) is 24.2 Å². The van der Waals surface area contributed by atoms with Gasteiger partial charge in [-0.25, -0.2) is 0 Å². The van der Waals surface area contributed by atoms with Gasteiger partial charge in [-0.3, -0.25) is 4.79 Å². The molecule has 0 aliphatic heterocycles. The molecule has 3 heteroatoms. The summed E-state index contributed by atoms with van der Waals surface area (Å²) in [6.45, 7) is 0. The monoisotopic (exact) mass is 177 g/mol. The van der Waals surface area contributed by atoms with E-state index in [9.17, 15) is 4.79 Å². The van der Waals surface area contributed by atoms with Gasteiger partial charge in [0.15, 0.2) is 0 Å². The minimum atomic E-state index is -0.847. The number of carboxylic acids is 1. The summed E-state index contributed by atoms with van der Waals surface area (Å²) in [6, 6.07) is 10.5. The highest BCUT2D eigenvalue weighted by molar-refractivity contribution is 5.73. The third kappa shape index (κ3) is 2.77. The van der Waals surface area contributed by atoms with Crippen molar-refractivity contribution in [2.24, 2.45) is 0 Å². The Bertz CT molecular complexity index is 272. The summed E-state index contributed by atoms with van der Waals surface area (Å²) in [5.74, 6) is -0.847. The Morgan fingerprint density at radius 2 is 2.54 bits per heavy atom. The van der Waals surface area contributed by atoms with Crippen LogP contribution in [0.3, 0.4) is 0 Å². The highest BCUT2D eigenvalue weighted by atomic mass is 16.4. The molecule has 0 amide bonds. The summed E-state index contributed by atoms with van der Waals surface area (Å²) in [4.78, 5) is 10.6. The number of nitrogens with one attached hydrogen (secondary N) is 1. The van der Waals surface area contributed by atoms with Crippen LogP contribution in [0, 0.1) is 12.1 Å². The quantitative estimate of drug-likeness (QED) is 0.704. The van der Waals surface area contributed by atoms with E-state index in [4.69, 9.17) is 5.11 Å². The fourth-order valence-corrected chi connectivity index (χ4v) is 1.04. The van der Waals surface area contributed by atoms with Crippen LogP contribution in [0.1, 0.15) is 5.56 Å². The lowest BCUT2D eigenvalue weighted by molar-refractivity contribution is -0.139. The van der Waals surface area contributed by atoms with Crippen LogP contribution in [-0.2, 0) is 11.2 Å². The lowest BCUT2D eigenvalue weighted by Crippen LogP contribution is -2.35. The van der Waals surface area contributed by atoms with Crippen molar-refractivity contribution in [1.82, 2.24) is 5.32 Å². The van der Waals surface area contributed by atoms with E-state index in [1.165, 1.54) is 0 Å². The number of aliphatic carboxylic acids is 1. The average Bonchev–Trinajstić information content (AvgIpc) is 2.15. The highest BCUT2D eigenvalue weighted by Crippen LogP contribution is 1.99. The minimum absolute atomic E-state index is 0.434. The second-order valence-electron chi connectivity index (χ2n) is 2.70. The SMILES string of the molecule is CNC(Cc1c#cccc1)C(=O)O. The van der Waals surface area contributed by atoms with Crippen molar-refractivity contribution >= 4 is 5.97 Å². The van der Waals surface area contributed by atoms with Gasteiger partial charge < -0.3 is 10.4 Å². The third-order valence-electron chi connectivity index (χ3n) is 1.78. The van der Waals surface area contributed by atoms with E-state index in [-0.39, 0.29) is 0 Å². The zero-order valence-corrected chi connectivity index (χ0v) is 7.37. The van der Waals surface area contributed by atoms with Gasteiger partial charge >= 0.3 is 5.97 Å². The van der Waals surface area contributed by atoms with Crippen molar-refractivity contribution in [3.63, 3.8) is 0 Å². The van der Waals surface area contributed by atoms with Crippen molar-refractivity contribution in [3.8, 4) is 0 Å². The summed E-state index contributed by atoms with van der Waals surface area (Å²) in [7, 11) is 1.63. The van der Waals surface area contributed by atoms with Gasteiger partial charge in [0.2, 0.25) is 0 Å². The molecule has 0 saturated heterocycles. The fourth-order valence-electron chi connectivity index (χ4n) is 1.04. The lowest BCUT2D eigenvalue weighted by atomic mass is 10.1. The summed E-state index contributed by atoms with van der Waals surface area (Å²) in [5, 5.41) is 11.5. The van der Waals surface area contributed by atoms with E-state index in [1.807, 2.05) is 12.1 Å². The molecule has 0 aliphatic rings. The molecular formula is C10H11NO2. The summed E-state index contributed by atoms with van der Waals surface area (Å²) < 4.78 is 0. The maximum atomic E-state index is 10.6. The number of hydrogen-bond acceptors (Lipinski definition) is 2. The van der Waals surface area contributed by atoms with Gasteiger partial charge in [-0.2, -0.15) is 0 Å². The maximum absolute atomic E-state index is 10.6. The molecule has 0 aliphatic carbocycles. The zero-order chi connectivity index (χ0) is 9.68. The molecule has 0 bridgehead atoms. The number of carboxylic acid groups (broad SMARTS) is 1. The largest absolute Gasteiger partial charge is 0.480 e. The highest BCUT2D eigenvalue weighted by Gasteiger charge is 2.14. The average molecular weight is 177 g/mol. The molecule has 3 nitrogen and oxygen atoms in total. The zero-order valence-electron chi connectivity index (χ0n) is 7.37. The molecular weight excluding hydrogens is 166 g/mol. The second kappa shape index (κ2) is 4.48. The molecule has 13 heavy (non-hydrogen) atoms. The molecule has 2 N–H and O–H groups in total. The molecule has 0 spiro atoms. The summed E-state index contributed by atoms with van der Waals surface area (Å²) in [6.07, 6.45) is 0.434. The van der Waals surface area contributed by atoms with Gasteiger partial charge in [-0.05, 0) is 19.2 Å². The van der Waals surface area contributed by atoms with E-state index in [0.29, 0.717) is 6.42 Å². The number of rotatable bonds is 4. The van der Waals surface area contributed by atoms with Gasteiger partial charge in [0, 0.05) is 12.0 Å². The minimum Gasteiger partial charge on any atom is -0.480 e. The van der Waals surface area contributed by atoms with Crippen LogP contribution in [0.2, 0.25) is 0 Å². The van der Waals surface area contributed by atoms with Crippen LogP contribution in [0.25, 0.3) is 0 Å². The van der Waals surface area contributed by atoms with Crippen LogP contribution in [0.4, 0.5) is 0 Å². The third-order valence-corrected chi connectivity index (χ3v) is 1.78. The van der Waals surface area contributed by atoms with Gasteiger partial charge in [-0.1, -0.05) is 18.2 Å². The molecule has 0 fully saturated rings. The van der Waals surface area contributed by atoms with Crippen molar-refractivity contribution in [3.05, 3.63) is 35.9 Å². The van der Waals surface area contributed by atoms with Crippen LogP contribution >= 0.6 is 0 Å². The molecule has 0 heterocycles. The number of carbonyl (C=O) groups is 1. The van der Waals surface area contributed by atoms with Gasteiger partial charge in [-0.15, -0.1) is 0 Å². The first-order valence-electron chi connectivity index (χ1n) is 4.01. The van der Waals surface area contributed by atoms with Crippen molar-refractivity contribution in [2.45, 2.75) is 12.5 Å². The van der Waals surface area contributed by atoms with Crippen molar-refractivity contribution in [2.75, 3.05) is 7.05 Å². The van der Waals surface area contributed by atoms with Crippen LogP contribution in [0.5, 0.6) is 0 Å². The first kappa shape index (κ1) is 9.56. The van der Waals surface area contributed by atoms with Gasteiger partial charge in [0.05, 0.1) is 0 Å². The Labute approximate surface area is 77.4 Å². The number of hydrogen-bond donors (Lipinski definition) is 2. The van der Waals surface area contributed by atoms with E-state index in [1.54, 1.807) is 13.1 Å². The molecule has 68 valence electrons. The topological polar surface area (TPSA) is 49.3 Å². The Morgan fingerprint density at radius 1 is 1.77 bits per heavy atom. The molecule has 1 aromatic carbocycles. The normalized spacial score (nSPS) is 11.8. The Kier molecular flexibility index (Phi) is 3.30. The van der Waals surface area contributed by atoms with Gasteiger partial charge in [0.25, 0.3) is 0 Å². The Morgan fingerprint density at radius 3 is 3.00 bits per heavy atom. The molecule has 1 aromatic rings. The van der Waals surface area contributed by atoms with Crippen LogP contribution < -0.4 is 5.32 Å². The first-order valence-corrected chi connectivity index (χ1v) is 4.01. The molecule has 1 rings (SSSR count). The molecule has 1 unspecified atom stereocenters. The van der Waals surface area contributed by atoms with E-state index >= 15 is 0 Å². The lowest BCUT2D eigenvalue weighted by Gasteiger charge is -2.08.